The molecule has 7 heteroatoms. The number of hydrogen-bond donors (Lipinski definition) is 1. The van der Waals surface area contributed by atoms with Gasteiger partial charge in [-0.15, -0.1) is 0 Å². The van der Waals surface area contributed by atoms with Crippen molar-refractivity contribution in [1.82, 2.24) is 15.1 Å². The molecule has 1 aromatic carbocycles. The van der Waals surface area contributed by atoms with E-state index in [4.69, 9.17) is 4.74 Å². The minimum absolute atomic E-state index is 0.00967. The van der Waals surface area contributed by atoms with Crippen molar-refractivity contribution < 1.29 is 13.9 Å². The van der Waals surface area contributed by atoms with Gasteiger partial charge in [-0.25, -0.2) is 9.18 Å². The maximum absolute atomic E-state index is 13.9. The Hall–Kier alpha value is -1.86. The number of halogens is 1. The number of carbonyl (C=O) groups excluding carboxylic acids is 1. The fourth-order valence-corrected chi connectivity index (χ4v) is 3.45. The Balaban J connectivity index is 1.30. The molecule has 0 unspecified atom stereocenters. The van der Waals surface area contributed by atoms with Gasteiger partial charge in [-0.05, 0) is 31.5 Å². The van der Waals surface area contributed by atoms with Crippen LogP contribution in [0.5, 0.6) is 0 Å². The molecule has 2 saturated heterocycles. The number of piperazine rings is 1. The van der Waals surface area contributed by atoms with Crippen molar-refractivity contribution in [2.45, 2.75) is 12.8 Å². The van der Waals surface area contributed by atoms with Crippen LogP contribution in [0.15, 0.2) is 24.3 Å². The highest BCUT2D eigenvalue weighted by atomic mass is 19.1. The predicted octanol–water partition coefficient (Wildman–Crippen LogP) is 1.77. The molecule has 2 heterocycles. The summed E-state index contributed by atoms with van der Waals surface area (Å²) in [6.45, 7) is 8.01. The zero-order valence-electron chi connectivity index (χ0n) is 15.3. The minimum atomic E-state index is -0.203. The molecule has 26 heavy (non-hydrogen) atoms. The number of urea groups is 1. The number of morpholine rings is 1. The smallest absolute Gasteiger partial charge is 0.317 e. The van der Waals surface area contributed by atoms with E-state index in [9.17, 15) is 9.18 Å². The molecule has 0 bridgehead atoms. The molecule has 0 radical (unpaired) electrons. The van der Waals surface area contributed by atoms with Crippen LogP contribution < -0.4 is 10.2 Å². The summed E-state index contributed by atoms with van der Waals surface area (Å²) in [7, 11) is 0. The third-order valence-corrected chi connectivity index (χ3v) is 5.04. The first-order valence-electron chi connectivity index (χ1n) is 9.56. The first-order valence-corrected chi connectivity index (χ1v) is 9.56. The van der Waals surface area contributed by atoms with Crippen molar-refractivity contribution in [3.05, 3.63) is 30.1 Å². The predicted molar refractivity (Wildman–Crippen MR) is 100 cm³/mol. The van der Waals surface area contributed by atoms with E-state index in [1.165, 1.54) is 6.07 Å². The number of ether oxygens (including phenoxy) is 1. The van der Waals surface area contributed by atoms with Gasteiger partial charge in [0, 0.05) is 45.8 Å². The number of amides is 2. The maximum atomic E-state index is 13.9. The summed E-state index contributed by atoms with van der Waals surface area (Å²) >= 11 is 0. The molecule has 1 N–H and O–H groups in total. The van der Waals surface area contributed by atoms with Crippen LogP contribution >= 0.6 is 0 Å². The SMILES string of the molecule is O=C(NCCCCN1CCOCC1)N1CCN(c2ccccc2F)CC1. The molecule has 0 aromatic heterocycles. The van der Waals surface area contributed by atoms with Crippen LogP contribution in [0.1, 0.15) is 12.8 Å². The van der Waals surface area contributed by atoms with Crippen LogP contribution in [0.3, 0.4) is 0 Å². The number of benzene rings is 1. The Morgan fingerprint density at radius 2 is 1.77 bits per heavy atom. The van der Waals surface area contributed by atoms with E-state index >= 15 is 0 Å². The summed E-state index contributed by atoms with van der Waals surface area (Å²) in [5.74, 6) is -0.203. The van der Waals surface area contributed by atoms with Gasteiger partial charge in [0.1, 0.15) is 5.82 Å². The molecular weight excluding hydrogens is 335 g/mol. The summed E-state index contributed by atoms with van der Waals surface area (Å²) in [5, 5.41) is 3.01. The Kier molecular flexibility index (Phi) is 7.08. The van der Waals surface area contributed by atoms with Crippen molar-refractivity contribution in [3.63, 3.8) is 0 Å². The summed E-state index contributed by atoms with van der Waals surface area (Å²) in [4.78, 5) is 18.5. The molecule has 0 saturated carbocycles. The Morgan fingerprint density at radius 1 is 1.04 bits per heavy atom. The summed E-state index contributed by atoms with van der Waals surface area (Å²) in [5.41, 5.74) is 0.621. The van der Waals surface area contributed by atoms with Crippen LogP contribution in [-0.2, 0) is 4.74 Å². The number of unbranched alkanes of at least 4 members (excludes halogenated alkanes) is 1. The number of carbonyl (C=O) groups is 1. The molecule has 2 amide bonds. The van der Waals surface area contributed by atoms with Gasteiger partial charge < -0.3 is 19.9 Å². The van der Waals surface area contributed by atoms with Gasteiger partial charge in [-0.1, -0.05) is 12.1 Å². The molecule has 144 valence electrons. The summed E-state index contributed by atoms with van der Waals surface area (Å²) < 4.78 is 19.2. The second-order valence-corrected chi connectivity index (χ2v) is 6.82. The average Bonchev–Trinajstić information content (AvgIpc) is 2.69. The van der Waals surface area contributed by atoms with E-state index in [0.717, 1.165) is 45.7 Å². The first-order chi connectivity index (χ1) is 12.7. The third kappa shape index (κ3) is 5.32. The van der Waals surface area contributed by atoms with E-state index in [0.29, 0.717) is 38.4 Å². The first kappa shape index (κ1) is 18.9. The number of anilines is 1. The van der Waals surface area contributed by atoms with Crippen LogP contribution in [0.25, 0.3) is 0 Å². The Labute approximate surface area is 154 Å². The van der Waals surface area contributed by atoms with Crippen molar-refractivity contribution in [2.75, 3.05) is 70.5 Å². The molecule has 2 aliphatic rings. The van der Waals surface area contributed by atoms with Crippen LogP contribution in [0.4, 0.5) is 14.9 Å². The standard InChI is InChI=1S/C19H29FN4O2/c20-17-5-1-2-6-18(17)23-9-11-24(12-10-23)19(25)21-7-3-4-8-22-13-15-26-16-14-22/h1-2,5-6H,3-4,7-16H2,(H,21,25). The van der Waals surface area contributed by atoms with Crippen molar-refractivity contribution >= 4 is 11.7 Å². The van der Waals surface area contributed by atoms with Gasteiger partial charge in [0.05, 0.1) is 18.9 Å². The second kappa shape index (κ2) is 9.73. The molecular formula is C19H29FN4O2. The molecule has 1 aromatic rings. The fourth-order valence-electron chi connectivity index (χ4n) is 3.45. The van der Waals surface area contributed by atoms with Crippen LogP contribution in [0.2, 0.25) is 0 Å². The Morgan fingerprint density at radius 3 is 2.50 bits per heavy atom. The van der Waals surface area contributed by atoms with E-state index < -0.39 is 0 Å². The normalized spacial score (nSPS) is 18.8. The van der Waals surface area contributed by atoms with Crippen LogP contribution in [0, 0.1) is 5.82 Å². The highest BCUT2D eigenvalue weighted by molar-refractivity contribution is 5.74. The Bertz CT molecular complexity index is 572. The molecule has 2 fully saturated rings. The summed E-state index contributed by atoms with van der Waals surface area (Å²) in [6, 6.07) is 6.80. The average molecular weight is 364 g/mol. The van der Waals surface area contributed by atoms with E-state index in [1.807, 2.05) is 15.9 Å². The number of nitrogens with one attached hydrogen (secondary N) is 1. The van der Waals surface area contributed by atoms with Crippen molar-refractivity contribution in [2.24, 2.45) is 0 Å². The number of rotatable bonds is 6. The molecule has 6 nitrogen and oxygen atoms in total. The van der Waals surface area contributed by atoms with E-state index in [1.54, 1.807) is 12.1 Å². The molecule has 0 spiro atoms. The highest BCUT2D eigenvalue weighted by Gasteiger charge is 2.22. The lowest BCUT2D eigenvalue weighted by Crippen LogP contribution is -2.52. The second-order valence-electron chi connectivity index (χ2n) is 6.82. The van der Waals surface area contributed by atoms with Gasteiger partial charge in [0.25, 0.3) is 0 Å². The minimum Gasteiger partial charge on any atom is -0.379 e. The number of hydrogen-bond acceptors (Lipinski definition) is 4. The van der Waals surface area contributed by atoms with Crippen molar-refractivity contribution in [1.29, 1.82) is 0 Å². The molecule has 0 aliphatic carbocycles. The van der Waals surface area contributed by atoms with Gasteiger partial charge in [-0.2, -0.15) is 0 Å². The van der Waals surface area contributed by atoms with Gasteiger partial charge >= 0.3 is 6.03 Å². The number of para-hydroxylation sites is 1. The van der Waals surface area contributed by atoms with Crippen LogP contribution in [-0.4, -0.2) is 81.4 Å². The topological polar surface area (TPSA) is 48.1 Å². The lowest BCUT2D eigenvalue weighted by Gasteiger charge is -2.36. The summed E-state index contributed by atoms with van der Waals surface area (Å²) in [6.07, 6.45) is 2.07. The monoisotopic (exact) mass is 364 g/mol. The lowest BCUT2D eigenvalue weighted by molar-refractivity contribution is 0.0372. The zero-order chi connectivity index (χ0) is 18.2. The maximum Gasteiger partial charge on any atom is 0.317 e. The quantitative estimate of drug-likeness (QED) is 0.782. The third-order valence-electron chi connectivity index (χ3n) is 5.04. The highest BCUT2D eigenvalue weighted by Crippen LogP contribution is 2.20. The van der Waals surface area contributed by atoms with E-state index in [-0.39, 0.29) is 11.8 Å². The molecule has 3 rings (SSSR count). The van der Waals surface area contributed by atoms with Gasteiger partial charge in [0.2, 0.25) is 0 Å². The number of nitrogens with zero attached hydrogens (tertiary/aromatic N) is 3. The lowest BCUT2D eigenvalue weighted by atomic mass is 10.2. The molecule has 0 atom stereocenters. The van der Waals surface area contributed by atoms with E-state index in [2.05, 4.69) is 10.2 Å². The molecule has 2 aliphatic heterocycles. The largest absolute Gasteiger partial charge is 0.379 e. The van der Waals surface area contributed by atoms with Crippen molar-refractivity contribution in [3.8, 4) is 0 Å². The fraction of sp³-hybridized carbons (Fsp3) is 0.632. The van der Waals surface area contributed by atoms with Gasteiger partial charge in [-0.3, -0.25) is 4.90 Å². The zero-order valence-corrected chi connectivity index (χ0v) is 15.3. The van der Waals surface area contributed by atoms with Gasteiger partial charge in [0.15, 0.2) is 0 Å².